The molecule has 40 heavy (non-hydrogen) atoms. The van der Waals surface area contributed by atoms with Gasteiger partial charge in [0.25, 0.3) is 0 Å². The second-order valence-corrected chi connectivity index (χ2v) is 10.5. The van der Waals surface area contributed by atoms with E-state index in [4.69, 9.17) is 9.72 Å². The number of rotatable bonds is 8. The first kappa shape index (κ1) is 27.0. The highest BCUT2D eigenvalue weighted by Crippen LogP contribution is 2.39. The molecule has 0 spiro atoms. The van der Waals surface area contributed by atoms with Crippen LogP contribution in [0.25, 0.3) is 22.2 Å². The monoisotopic (exact) mass is 528 g/mol. The first-order chi connectivity index (χ1) is 19.4. The average Bonchev–Trinajstić information content (AvgIpc) is 3.51. The highest BCUT2D eigenvalue weighted by Gasteiger charge is 2.20. The highest BCUT2D eigenvalue weighted by molar-refractivity contribution is 6.01. The fourth-order valence-electron chi connectivity index (χ4n) is 5.44. The van der Waals surface area contributed by atoms with Gasteiger partial charge in [0.05, 0.1) is 24.5 Å². The lowest BCUT2D eigenvalue weighted by molar-refractivity contribution is 0.410. The number of benzene rings is 2. The summed E-state index contributed by atoms with van der Waals surface area (Å²) in [5.74, 6) is 7.41. The number of aromatic nitrogens is 3. The summed E-state index contributed by atoms with van der Waals surface area (Å²) in [7, 11) is 5.83. The van der Waals surface area contributed by atoms with Gasteiger partial charge in [0.15, 0.2) is 0 Å². The van der Waals surface area contributed by atoms with Crippen molar-refractivity contribution in [3.63, 3.8) is 0 Å². The van der Waals surface area contributed by atoms with Crippen molar-refractivity contribution in [2.45, 2.75) is 33.1 Å². The Hall–Kier alpha value is -4.56. The lowest BCUT2D eigenvalue weighted by Gasteiger charge is -2.23. The van der Waals surface area contributed by atoms with Crippen LogP contribution in [-0.4, -0.2) is 36.0 Å². The number of allylic oxidation sites excluding steroid dienone is 4. The molecule has 0 N–H and O–H groups in total. The molecule has 0 amide bonds. The standard InChI is InChI=1S/C35H36N4O/c1-7-9-26-10-12-28(13-11-26)25(3)35-31-21-29(34(40-6)22-32(31)36-23-33(35)38(4)5)15-14-27-16-17-30(20-24(27)2)39-19-8-18-37-39/h8,10-13,16-19,21-24H,3,14-15,20H2,1-2,4-6H3. The molecule has 0 radical (unpaired) electrons. The first-order valence-electron chi connectivity index (χ1n) is 13.7. The zero-order valence-corrected chi connectivity index (χ0v) is 24.0. The Morgan fingerprint density at radius 3 is 2.60 bits per heavy atom. The van der Waals surface area contributed by atoms with E-state index in [1.54, 1.807) is 7.11 Å². The molecule has 1 atom stereocenters. The van der Waals surface area contributed by atoms with Crippen LogP contribution in [0.3, 0.4) is 0 Å². The zero-order chi connectivity index (χ0) is 28.2. The Morgan fingerprint density at radius 1 is 1.15 bits per heavy atom. The second kappa shape index (κ2) is 11.7. The Bertz CT molecular complexity index is 1660. The van der Waals surface area contributed by atoms with Crippen molar-refractivity contribution in [1.82, 2.24) is 14.8 Å². The van der Waals surface area contributed by atoms with E-state index in [0.717, 1.165) is 63.9 Å². The molecule has 2 aromatic heterocycles. The summed E-state index contributed by atoms with van der Waals surface area (Å²) in [4.78, 5) is 6.92. The lowest BCUT2D eigenvalue weighted by Crippen LogP contribution is -2.12. The third kappa shape index (κ3) is 5.44. The summed E-state index contributed by atoms with van der Waals surface area (Å²) in [5.41, 5.74) is 9.88. The van der Waals surface area contributed by atoms with Gasteiger partial charge in [0.2, 0.25) is 0 Å². The van der Waals surface area contributed by atoms with E-state index in [1.807, 2.05) is 50.4 Å². The summed E-state index contributed by atoms with van der Waals surface area (Å²) in [6.45, 7) is 8.70. The topological polar surface area (TPSA) is 43.2 Å². The van der Waals surface area contributed by atoms with Crippen molar-refractivity contribution in [3.05, 3.63) is 108 Å². The number of hydrogen-bond acceptors (Lipinski definition) is 4. The zero-order valence-electron chi connectivity index (χ0n) is 24.0. The van der Waals surface area contributed by atoms with Crippen LogP contribution in [0.2, 0.25) is 0 Å². The molecule has 0 saturated carbocycles. The van der Waals surface area contributed by atoms with Crippen LogP contribution >= 0.6 is 0 Å². The molecular formula is C35H36N4O. The number of nitrogens with zero attached hydrogens (tertiary/aromatic N) is 4. The number of anilines is 1. The predicted octanol–water partition coefficient (Wildman–Crippen LogP) is 7.38. The van der Waals surface area contributed by atoms with Crippen molar-refractivity contribution < 1.29 is 4.74 Å². The smallest absolute Gasteiger partial charge is 0.124 e. The molecule has 1 aliphatic rings. The van der Waals surface area contributed by atoms with Crippen LogP contribution in [0.4, 0.5) is 5.69 Å². The van der Waals surface area contributed by atoms with Crippen molar-refractivity contribution >= 4 is 27.9 Å². The van der Waals surface area contributed by atoms with E-state index < -0.39 is 0 Å². The van der Waals surface area contributed by atoms with Crippen LogP contribution in [0, 0.1) is 17.8 Å². The molecular weight excluding hydrogens is 492 g/mol. The molecule has 0 fully saturated rings. The Kier molecular flexibility index (Phi) is 7.89. The molecule has 0 bridgehead atoms. The Balaban J connectivity index is 1.52. The average molecular weight is 529 g/mol. The Labute approximate surface area is 237 Å². The number of aryl methyl sites for hydroxylation is 1. The van der Waals surface area contributed by atoms with E-state index in [1.165, 1.54) is 16.8 Å². The third-order valence-electron chi connectivity index (χ3n) is 7.66. The van der Waals surface area contributed by atoms with Crippen LogP contribution in [-0.2, 0) is 6.42 Å². The fourth-order valence-corrected chi connectivity index (χ4v) is 5.44. The number of fused-ring (bicyclic) bond motifs is 1. The second-order valence-electron chi connectivity index (χ2n) is 10.5. The predicted molar refractivity (Wildman–Crippen MR) is 166 cm³/mol. The quantitative estimate of drug-likeness (QED) is 0.224. The van der Waals surface area contributed by atoms with E-state index in [9.17, 15) is 0 Å². The molecule has 0 saturated heterocycles. The number of hydrogen-bond donors (Lipinski definition) is 0. The molecule has 1 unspecified atom stereocenters. The highest BCUT2D eigenvalue weighted by atomic mass is 16.5. The van der Waals surface area contributed by atoms with Crippen molar-refractivity contribution in [1.29, 1.82) is 0 Å². The largest absolute Gasteiger partial charge is 0.496 e. The van der Waals surface area contributed by atoms with Gasteiger partial charge in [0, 0.05) is 54.8 Å². The fraction of sp³-hybridized carbons (Fsp3) is 0.257. The SMILES string of the molecule is C=C(c1ccc(C#CC)cc1)c1c(N(C)C)cnc2cc(OC)c(CCC3=CC=C(n4cccn4)CC3C)cc12. The number of methoxy groups -OCH3 is 1. The molecule has 202 valence electrons. The van der Waals surface area contributed by atoms with Gasteiger partial charge >= 0.3 is 0 Å². The Morgan fingerprint density at radius 2 is 1.95 bits per heavy atom. The van der Waals surface area contributed by atoms with Crippen molar-refractivity contribution in [3.8, 4) is 17.6 Å². The van der Waals surface area contributed by atoms with Gasteiger partial charge in [-0.25, -0.2) is 4.68 Å². The van der Waals surface area contributed by atoms with Crippen molar-refractivity contribution in [2.24, 2.45) is 5.92 Å². The van der Waals surface area contributed by atoms with Gasteiger partial charge in [-0.15, -0.1) is 5.92 Å². The molecule has 5 heteroatoms. The van der Waals surface area contributed by atoms with E-state index >= 15 is 0 Å². The minimum absolute atomic E-state index is 0.452. The minimum Gasteiger partial charge on any atom is -0.496 e. The summed E-state index contributed by atoms with van der Waals surface area (Å²) in [6.07, 6.45) is 13.0. The van der Waals surface area contributed by atoms with Crippen LogP contribution in [0.15, 0.2) is 85.4 Å². The summed E-state index contributed by atoms with van der Waals surface area (Å²) in [5, 5.41) is 5.48. The maximum atomic E-state index is 5.86. The maximum Gasteiger partial charge on any atom is 0.124 e. The molecule has 5 rings (SSSR count). The van der Waals surface area contributed by atoms with Gasteiger partial charge in [-0.2, -0.15) is 5.10 Å². The van der Waals surface area contributed by atoms with Crippen LogP contribution in [0.5, 0.6) is 5.75 Å². The first-order valence-corrected chi connectivity index (χ1v) is 13.7. The van der Waals surface area contributed by atoms with Crippen LogP contribution in [0.1, 0.15) is 48.9 Å². The normalized spacial score (nSPS) is 14.7. The van der Waals surface area contributed by atoms with Gasteiger partial charge in [-0.3, -0.25) is 4.98 Å². The number of ether oxygens (including phenoxy) is 1. The number of pyridine rings is 1. The van der Waals surface area contributed by atoms with Gasteiger partial charge in [0.1, 0.15) is 5.75 Å². The van der Waals surface area contributed by atoms with Gasteiger partial charge in [-0.1, -0.05) is 43.2 Å². The lowest BCUT2D eigenvalue weighted by atomic mass is 9.87. The molecule has 5 nitrogen and oxygen atoms in total. The molecule has 1 aliphatic carbocycles. The molecule has 2 heterocycles. The summed E-state index contributed by atoms with van der Waals surface area (Å²) < 4.78 is 7.82. The van der Waals surface area contributed by atoms with E-state index in [2.05, 4.69) is 83.9 Å². The molecule has 2 aromatic carbocycles. The summed E-state index contributed by atoms with van der Waals surface area (Å²) >= 11 is 0. The van der Waals surface area contributed by atoms with E-state index in [-0.39, 0.29) is 0 Å². The van der Waals surface area contributed by atoms with Crippen molar-refractivity contribution in [2.75, 3.05) is 26.1 Å². The molecule has 4 aromatic rings. The van der Waals surface area contributed by atoms with E-state index in [0.29, 0.717) is 5.92 Å². The van der Waals surface area contributed by atoms with Gasteiger partial charge < -0.3 is 9.64 Å². The molecule has 0 aliphatic heterocycles. The summed E-state index contributed by atoms with van der Waals surface area (Å²) in [6, 6.07) is 14.6. The maximum absolute atomic E-state index is 5.86. The third-order valence-corrected chi connectivity index (χ3v) is 7.66. The van der Waals surface area contributed by atoms with Crippen LogP contribution < -0.4 is 9.64 Å². The minimum atomic E-state index is 0.452. The van der Waals surface area contributed by atoms with Gasteiger partial charge in [-0.05, 0) is 79.1 Å².